The molecule has 0 saturated heterocycles. The number of aromatic nitrogens is 2. The summed E-state index contributed by atoms with van der Waals surface area (Å²) in [6.45, 7) is 0. The van der Waals surface area contributed by atoms with Crippen LogP contribution in [0.3, 0.4) is 0 Å². The number of benzene rings is 1. The molecule has 98 valence electrons. The number of carbonyl (C=O) groups excluding carboxylic acids is 1. The molecule has 1 aromatic carbocycles. The van der Waals surface area contributed by atoms with Crippen LogP contribution in [-0.4, -0.2) is 16.1 Å². The molecular weight excluding hydrogens is 282 g/mol. The van der Waals surface area contributed by atoms with Crippen LogP contribution in [0.2, 0.25) is 5.02 Å². The Kier molecular flexibility index (Phi) is 3.24. The van der Waals surface area contributed by atoms with E-state index in [0.717, 1.165) is 24.8 Å². The molecule has 0 aliphatic heterocycles. The predicted octanol–water partition coefficient (Wildman–Crippen LogP) is 3.25. The Labute approximate surface area is 119 Å². The summed E-state index contributed by atoms with van der Waals surface area (Å²) in [5.74, 6) is -0.00202. The fourth-order valence-electron chi connectivity index (χ4n) is 2.39. The van der Waals surface area contributed by atoms with Crippen LogP contribution in [-0.2, 0) is 10.2 Å². The van der Waals surface area contributed by atoms with Crippen LogP contribution < -0.4 is 5.32 Å². The summed E-state index contributed by atoms with van der Waals surface area (Å²) in [7, 11) is 0. The number of nitrogens with one attached hydrogen (secondary N) is 1. The zero-order chi connectivity index (χ0) is 13.3. The molecule has 1 aromatic heterocycles. The number of rotatable bonds is 3. The maximum atomic E-state index is 12.5. The molecule has 0 bridgehead atoms. The lowest BCUT2D eigenvalue weighted by Crippen LogP contribution is -2.45. The average molecular weight is 294 g/mol. The number of amides is 1. The highest BCUT2D eigenvalue weighted by Crippen LogP contribution is 2.44. The van der Waals surface area contributed by atoms with Crippen molar-refractivity contribution in [3.05, 3.63) is 40.4 Å². The van der Waals surface area contributed by atoms with Crippen molar-refractivity contribution in [2.75, 3.05) is 5.32 Å². The van der Waals surface area contributed by atoms with E-state index in [1.165, 1.54) is 11.3 Å². The lowest BCUT2D eigenvalue weighted by molar-refractivity contribution is -0.124. The van der Waals surface area contributed by atoms with E-state index in [9.17, 15) is 4.79 Å². The number of hydrogen-bond acceptors (Lipinski definition) is 4. The van der Waals surface area contributed by atoms with Gasteiger partial charge in [0.15, 0.2) is 0 Å². The molecule has 1 amide bonds. The van der Waals surface area contributed by atoms with Crippen molar-refractivity contribution in [2.45, 2.75) is 24.7 Å². The largest absolute Gasteiger partial charge is 0.300 e. The predicted molar refractivity (Wildman–Crippen MR) is 75.5 cm³/mol. The number of nitrogens with zero attached hydrogens (tertiary/aromatic N) is 2. The quantitative estimate of drug-likeness (QED) is 0.945. The minimum absolute atomic E-state index is 0.00202. The van der Waals surface area contributed by atoms with E-state index in [1.54, 1.807) is 5.51 Å². The molecule has 1 aliphatic carbocycles. The Morgan fingerprint density at radius 1 is 1.32 bits per heavy atom. The van der Waals surface area contributed by atoms with E-state index in [2.05, 4.69) is 15.5 Å². The van der Waals surface area contributed by atoms with Crippen LogP contribution in [0.1, 0.15) is 24.8 Å². The maximum absolute atomic E-state index is 12.5. The summed E-state index contributed by atoms with van der Waals surface area (Å²) in [5.41, 5.74) is 2.19. The van der Waals surface area contributed by atoms with Crippen molar-refractivity contribution >= 4 is 34.0 Å². The lowest BCUT2D eigenvalue weighted by atomic mass is 9.64. The van der Waals surface area contributed by atoms with Gasteiger partial charge < -0.3 is 0 Å². The van der Waals surface area contributed by atoms with Crippen molar-refractivity contribution in [3.8, 4) is 0 Å². The average Bonchev–Trinajstić information content (AvgIpc) is 2.83. The van der Waals surface area contributed by atoms with E-state index in [1.807, 2.05) is 24.3 Å². The fourth-order valence-corrected chi connectivity index (χ4v) is 2.96. The Morgan fingerprint density at radius 3 is 2.58 bits per heavy atom. The van der Waals surface area contributed by atoms with Crippen molar-refractivity contribution in [2.24, 2.45) is 0 Å². The molecule has 0 unspecified atom stereocenters. The van der Waals surface area contributed by atoms with Gasteiger partial charge in [0.25, 0.3) is 0 Å². The standard InChI is InChI=1S/C13H12ClN3OS/c14-10-4-2-9(3-5-10)13(6-1-7-13)11(18)16-12-17-15-8-19-12/h2-5,8H,1,6-7H2,(H,16,17,18). The van der Waals surface area contributed by atoms with Gasteiger partial charge in [-0.3, -0.25) is 10.1 Å². The van der Waals surface area contributed by atoms with Gasteiger partial charge in [-0.1, -0.05) is 41.5 Å². The molecule has 2 aromatic rings. The van der Waals surface area contributed by atoms with Crippen LogP contribution in [0.25, 0.3) is 0 Å². The molecule has 6 heteroatoms. The summed E-state index contributed by atoms with van der Waals surface area (Å²) < 4.78 is 0. The summed E-state index contributed by atoms with van der Waals surface area (Å²) in [5, 5.41) is 11.7. The highest BCUT2D eigenvalue weighted by Gasteiger charge is 2.45. The Morgan fingerprint density at radius 2 is 2.05 bits per heavy atom. The van der Waals surface area contributed by atoms with Gasteiger partial charge in [0, 0.05) is 5.02 Å². The van der Waals surface area contributed by atoms with Crippen molar-refractivity contribution < 1.29 is 4.79 Å². The minimum atomic E-state index is -0.434. The third kappa shape index (κ3) is 2.24. The van der Waals surface area contributed by atoms with Crippen LogP contribution in [0, 0.1) is 0 Å². The zero-order valence-corrected chi connectivity index (χ0v) is 11.7. The van der Waals surface area contributed by atoms with Gasteiger partial charge in [0.1, 0.15) is 5.51 Å². The van der Waals surface area contributed by atoms with E-state index in [0.29, 0.717) is 10.2 Å². The normalized spacial score (nSPS) is 16.7. The van der Waals surface area contributed by atoms with Gasteiger partial charge in [-0.05, 0) is 30.5 Å². The van der Waals surface area contributed by atoms with Crippen LogP contribution in [0.5, 0.6) is 0 Å². The molecule has 0 spiro atoms. The van der Waals surface area contributed by atoms with Crippen molar-refractivity contribution in [3.63, 3.8) is 0 Å². The third-order valence-corrected chi connectivity index (χ3v) is 4.48. The van der Waals surface area contributed by atoms with E-state index in [-0.39, 0.29) is 5.91 Å². The molecule has 1 heterocycles. The first kappa shape index (κ1) is 12.6. The van der Waals surface area contributed by atoms with Crippen molar-refractivity contribution in [1.29, 1.82) is 0 Å². The van der Waals surface area contributed by atoms with Crippen LogP contribution >= 0.6 is 22.9 Å². The number of anilines is 1. The van der Waals surface area contributed by atoms with Gasteiger partial charge in [-0.25, -0.2) is 0 Å². The second-order valence-corrected chi connectivity index (χ2v) is 5.91. The second kappa shape index (κ2) is 4.90. The molecule has 0 atom stereocenters. The molecule has 3 rings (SSSR count). The summed E-state index contributed by atoms with van der Waals surface area (Å²) in [4.78, 5) is 12.5. The third-order valence-electron chi connectivity index (χ3n) is 3.62. The first-order valence-corrected chi connectivity index (χ1v) is 7.30. The smallest absolute Gasteiger partial charge is 0.236 e. The Bertz CT molecular complexity index is 578. The summed E-state index contributed by atoms with van der Waals surface area (Å²) in [6.07, 6.45) is 2.78. The monoisotopic (exact) mass is 293 g/mol. The minimum Gasteiger partial charge on any atom is -0.300 e. The molecule has 4 nitrogen and oxygen atoms in total. The molecule has 1 saturated carbocycles. The van der Waals surface area contributed by atoms with E-state index >= 15 is 0 Å². The zero-order valence-electron chi connectivity index (χ0n) is 10.1. The first-order valence-electron chi connectivity index (χ1n) is 6.04. The number of hydrogen-bond donors (Lipinski definition) is 1. The Hall–Kier alpha value is -1.46. The highest BCUT2D eigenvalue weighted by atomic mass is 35.5. The molecule has 1 aliphatic rings. The summed E-state index contributed by atoms with van der Waals surface area (Å²) >= 11 is 7.22. The van der Waals surface area contributed by atoms with Crippen molar-refractivity contribution in [1.82, 2.24) is 10.2 Å². The summed E-state index contributed by atoms with van der Waals surface area (Å²) in [6, 6.07) is 7.52. The van der Waals surface area contributed by atoms with Crippen LogP contribution in [0.15, 0.2) is 29.8 Å². The molecular formula is C13H12ClN3OS. The van der Waals surface area contributed by atoms with Gasteiger partial charge >= 0.3 is 0 Å². The highest BCUT2D eigenvalue weighted by molar-refractivity contribution is 7.13. The SMILES string of the molecule is O=C(Nc1nncs1)C1(c2ccc(Cl)cc2)CCC1. The molecule has 0 radical (unpaired) electrons. The van der Waals surface area contributed by atoms with E-state index < -0.39 is 5.41 Å². The van der Waals surface area contributed by atoms with Gasteiger partial charge in [-0.15, -0.1) is 10.2 Å². The Balaban J connectivity index is 1.86. The van der Waals surface area contributed by atoms with Gasteiger partial charge in [0.05, 0.1) is 5.41 Å². The van der Waals surface area contributed by atoms with Gasteiger partial charge in [0.2, 0.25) is 11.0 Å². The number of carbonyl (C=O) groups is 1. The molecule has 19 heavy (non-hydrogen) atoms. The van der Waals surface area contributed by atoms with Gasteiger partial charge in [-0.2, -0.15) is 0 Å². The maximum Gasteiger partial charge on any atom is 0.236 e. The molecule has 1 N–H and O–H groups in total. The first-order chi connectivity index (χ1) is 9.21. The van der Waals surface area contributed by atoms with Crippen LogP contribution in [0.4, 0.5) is 5.13 Å². The number of halogens is 1. The molecule has 1 fully saturated rings. The topological polar surface area (TPSA) is 54.9 Å². The lowest BCUT2D eigenvalue weighted by Gasteiger charge is -2.40. The second-order valence-electron chi connectivity index (χ2n) is 4.64. The van der Waals surface area contributed by atoms with E-state index in [4.69, 9.17) is 11.6 Å². The fraction of sp³-hybridized carbons (Fsp3) is 0.308.